The Kier molecular flexibility index (Phi) is 2.78. The minimum Gasteiger partial charge on any atom is -0.330 e. The van der Waals surface area contributed by atoms with Crippen LogP contribution in [0.5, 0.6) is 0 Å². The molecule has 0 spiro atoms. The van der Waals surface area contributed by atoms with Gasteiger partial charge in [0.05, 0.1) is 0 Å². The lowest BCUT2D eigenvalue weighted by Gasteiger charge is -2.12. The summed E-state index contributed by atoms with van der Waals surface area (Å²) in [6.07, 6.45) is 3.17. The number of aromatic nitrogens is 1. The van der Waals surface area contributed by atoms with E-state index < -0.39 is 0 Å². The van der Waals surface area contributed by atoms with Crippen LogP contribution in [0.1, 0.15) is 30.5 Å². The first-order valence-electron chi connectivity index (χ1n) is 5.50. The lowest BCUT2D eigenvalue weighted by molar-refractivity contribution is 0.661. The molecule has 2 heteroatoms. The fraction of sp³-hybridized carbons (Fsp3) is 0.385. The summed E-state index contributed by atoms with van der Waals surface area (Å²) in [6, 6.07) is 8.53. The molecule has 2 nitrogen and oxygen atoms in total. The van der Waals surface area contributed by atoms with Gasteiger partial charge in [0.25, 0.3) is 0 Å². The maximum Gasteiger partial charge on any atom is 0.0455 e. The molecule has 0 aliphatic carbocycles. The van der Waals surface area contributed by atoms with E-state index in [4.69, 9.17) is 5.73 Å². The monoisotopic (exact) mass is 202 g/mol. The number of pyridine rings is 1. The van der Waals surface area contributed by atoms with Gasteiger partial charge >= 0.3 is 0 Å². The average Bonchev–Trinajstić information content (AvgIpc) is 2.54. The van der Waals surface area contributed by atoms with Crippen LogP contribution in [0.2, 0.25) is 0 Å². The summed E-state index contributed by atoms with van der Waals surface area (Å²) in [5.41, 5.74) is 9.65. The Morgan fingerprint density at radius 1 is 1.40 bits per heavy atom. The van der Waals surface area contributed by atoms with E-state index in [-0.39, 0.29) is 0 Å². The van der Waals surface area contributed by atoms with Crippen molar-refractivity contribution in [3.8, 4) is 0 Å². The van der Waals surface area contributed by atoms with E-state index in [0.29, 0.717) is 5.92 Å². The molecule has 2 rings (SSSR count). The van der Waals surface area contributed by atoms with Crippen LogP contribution in [-0.2, 0) is 0 Å². The van der Waals surface area contributed by atoms with Crippen molar-refractivity contribution < 1.29 is 0 Å². The van der Waals surface area contributed by atoms with Crippen molar-refractivity contribution in [2.24, 2.45) is 5.73 Å². The van der Waals surface area contributed by atoms with Crippen molar-refractivity contribution in [2.75, 3.05) is 6.54 Å². The molecule has 15 heavy (non-hydrogen) atoms. The second-order valence-corrected chi connectivity index (χ2v) is 4.19. The summed E-state index contributed by atoms with van der Waals surface area (Å²) in [4.78, 5) is 0. The molecule has 0 radical (unpaired) electrons. The zero-order valence-corrected chi connectivity index (χ0v) is 9.40. The maximum atomic E-state index is 5.62. The second kappa shape index (κ2) is 4.07. The summed E-state index contributed by atoms with van der Waals surface area (Å²) < 4.78 is 2.27. The molecular weight excluding hydrogens is 184 g/mol. The quantitative estimate of drug-likeness (QED) is 0.815. The number of aryl methyl sites for hydroxylation is 1. The Morgan fingerprint density at radius 3 is 2.93 bits per heavy atom. The fourth-order valence-corrected chi connectivity index (χ4v) is 2.29. The minimum atomic E-state index is 0.528. The summed E-state index contributed by atoms with van der Waals surface area (Å²) >= 11 is 0. The number of nitrogens with two attached hydrogens (primary N) is 1. The normalized spacial score (nSPS) is 13.3. The van der Waals surface area contributed by atoms with Crippen LogP contribution < -0.4 is 5.73 Å². The first kappa shape index (κ1) is 10.2. The largest absolute Gasteiger partial charge is 0.330 e. The second-order valence-electron chi connectivity index (χ2n) is 4.19. The first-order valence-corrected chi connectivity index (χ1v) is 5.50. The van der Waals surface area contributed by atoms with Gasteiger partial charge in [-0.2, -0.15) is 0 Å². The third-order valence-electron chi connectivity index (χ3n) is 2.99. The molecule has 1 atom stereocenters. The Morgan fingerprint density at radius 2 is 2.20 bits per heavy atom. The van der Waals surface area contributed by atoms with Crippen molar-refractivity contribution >= 4 is 5.52 Å². The highest BCUT2D eigenvalue weighted by atomic mass is 14.9. The molecule has 80 valence electrons. The van der Waals surface area contributed by atoms with Gasteiger partial charge in [-0.1, -0.05) is 13.0 Å². The predicted molar refractivity (Wildman–Crippen MR) is 64.2 cm³/mol. The number of rotatable bonds is 3. The SMILES string of the molecule is Cc1cc2ccccn2c1C(C)CCN. The van der Waals surface area contributed by atoms with E-state index in [2.05, 4.69) is 48.7 Å². The van der Waals surface area contributed by atoms with Gasteiger partial charge in [0, 0.05) is 17.4 Å². The molecule has 0 saturated heterocycles. The van der Waals surface area contributed by atoms with Crippen molar-refractivity contribution in [1.29, 1.82) is 0 Å². The molecular formula is C13H18N2. The van der Waals surface area contributed by atoms with Crippen LogP contribution in [-0.4, -0.2) is 10.9 Å². The van der Waals surface area contributed by atoms with E-state index in [1.165, 1.54) is 16.8 Å². The Bertz CT molecular complexity index is 457. The van der Waals surface area contributed by atoms with Crippen molar-refractivity contribution in [2.45, 2.75) is 26.2 Å². The number of hydrogen-bond acceptors (Lipinski definition) is 1. The molecule has 1 unspecified atom stereocenters. The lowest BCUT2D eigenvalue weighted by Crippen LogP contribution is -2.07. The predicted octanol–water partition coefficient (Wildman–Crippen LogP) is 2.70. The zero-order valence-electron chi connectivity index (χ0n) is 9.40. The van der Waals surface area contributed by atoms with Crippen molar-refractivity contribution in [3.63, 3.8) is 0 Å². The number of fused-ring (bicyclic) bond motifs is 1. The van der Waals surface area contributed by atoms with E-state index in [1.54, 1.807) is 0 Å². The molecule has 0 saturated carbocycles. The molecule has 0 amide bonds. The van der Waals surface area contributed by atoms with Gasteiger partial charge in [0.15, 0.2) is 0 Å². The zero-order chi connectivity index (χ0) is 10.8. The fourth-order valence-electron chi connectivity index (χ4n) is 2.29. The number of hydrogen-bond donors (Lipinski definition) is 1. The molecule has 0 aromatic carbocycles. The highest BCUT2D eigenvalue weighted by molar-refractivity contribution is 5.53. The van der Waals surface area contributed by atoms with Gasteiger partial charge in [0.1, 0.15) is 0 Å². The van der Waals surface area contributed by atoms with E-state index in [0.717, 1.165) is 13.0 Å². The third-order valence-corrected chi connectivity index (χ3v) is 2.99. The highest BCUT2D eigenvalue weighted by Gasteiger charge is 2.12. The molecule has 0 aliphatic rings. The highest BCUT2D eigenvalue weighted by Crippen LogP contribution is 2.25. The summed E-state index contributed by atoms with van der Waals surface area (Å²) in [5.74, 6) is 0.528. The van der Waals surface area contributed by atoms with Crippen LogP contribution in [0.4, 0.5) is 0 Å². The maximum absolute atomic E-state index is 5.62. The van der Waals surface area contributed by atoms with Gasteiger partial charge in [-0.3, -0.25) is 0 Å². The van der Waals surface area contributed by atoms with Crippen molar-refractivity contribution in [1.82, 2.24) is 4.40 Å². The summed E-state index contributed by atoms with van der Waals surface area (Å²) in [5, 5.41) is 0. The summed E-state index contributed by atoms with van der Waals surface area (Å²) in [6.45, 7) is 5.17. The van der Waals surface area contributed by atoms with Crippen LogP contribution in [0.3, 0.4) is 0 Å². The Balaban J connectivity index is 2.53. The van der Waals surface area contributed by atoms with E-state index in [1.807, 2.05) is 0 Å². The van der Waals surface area contributed by atoms with Crippen LogP contribution in [0, 0.1) is 6.92 Å². The molecule has 2 aromatic rings. The Hall–Kier alpha value is -1.28. The number of nitrogens with zero attached hydrogens (tertiary/aromatic N) is 1. The van der Waals surface area contributed by atoms with Crippen molar-refractivity contribution in [3.05, 3.63) is 41.7 Å². The van der Waals surface area contributed by atoms with E-state index in [9.17, 15) is 0 Å². The smallest absolute Gasteiger partial charge is 0.0455 e. The van der Waals surface area contributed by atoms with Gasteiger partial charge in [-0.15, -0.1) is 0 Å². The van der Waals surface area contributed by atoms with Crippen LogP contribution >= 0.6 is 0 Å². The standard InChI is InChI=1S/C13H18N2/c1-10(6-7-14)13-11(2)9-12-5-3-4-8-15(12)13/h3-5,8-10H,6-7,14H2,1-2H3. The Labute approximate surface area is 90.7 Å². The molecule has 0 bridgehead atoms. The van der Waals surface area contributed by atoms with Gasteiger partial charge < -0.3 is 10.1 Å². The average molecular weight is 202 g/mol. The van der Waals surface area contributed by atoms with Gasteiger partial charge in [0.2, 0.25) is 0 Å². The molecule has 2 aromatic heterocycles. The lowest BCUT2D eigenvalue weighted by atomic mass is 10.0. The third kappa shape index (κ3) is 1.77. The first-order chi connectivity index (χ1) is 7.24. The van der Waals surface area contributed by atoms with Crippen LogP contribution in [0.15, 0.2) is 30.5 Å². The van der Waals surface area contributed by atoms with Gasteiger partial charge in [-0.25, -0.2) is 0 Å². The summed E-state index contributed by atoms with van der Waals surface area (Å²) in [7, 11) is 0. The van der Waals surface area contributed by atoms with Crippen LogP contribution in [0.25, 0.3) is 5.52 Å². The topological polar surface area (TPSA) is 30.4 Å². The molecule has 2 N–H and O–H groups in total. The molecule has 0 fully saturated rings. The molecule has 2 heterocycles. The molecule has 0 aliphatic heterocycles. The minimum absolute atomic E-state index is 0.528. The van der Waals surface area contributed by atoms with E-state index >= 15 is 0 Å². The van der Waals surface area contributed by atoms with Gasteiger partial charge in [-0.05, 0) is 49.6 Å².